The molecule has 0 atom stereocenters. The maximum absolute atomic E-state index is 12.5. The third-order valence-corrected chi connectivity index (χ3v) is 5.42. The Bertz CT molecular complexity index is 1310. The number of benzene rings is 1. The summed E-state index contributed by atoms with van der Waals surface area (Å²) < 4.78 is 26.8. The molecule has 0 unspecified atom stereocenters. The summed E-state index contributed by atoms with van der Waals surface area (Å²) in [4.78, 5) is 21.3. The fourth-order valence-electron chi connectivity index (χ4n) is 2.74. The summed E-state index contributed by atoms with van der Waals surface area (Å²) in [6.07, 6.45) is 4.63. The molecule has 4 rings (SSSR count). The van der Waals surface area contributed by atoms with Gasteiger partial charge in [-0.25, -0.2) is 18.4 Å². The van der Waals surface area contributed by atoms with Crippen molar-refractivity contribution in [1.82, 2.24) is 14.4 Å². The molecule has 3 heterocycles. The number of hydrogen-bond donors (Lipinski definition) is 2. The summed E-state index contributed by atoms with van der Waals surface area (Å²) in [6, 6.07) is 10.7. The summed E-state index contributed by atoms with van der Waals surface area (Å²) >= 11 is 1.30. The van der Waals surface area contributed by atoms with Crippen LogP contribution in [0.1, 0.15) is 16.1 Å². The Morgan fingerprint density at radius 3 is 2.62 bits per heavy atom. The standard InChI is InChI=1S/C19H17N5O3S2/c1-12-7-8-24-10-15(20-17(24)9-12)18(25)22-19-21-16(11-28-19)13-3-5-14(6-4-13)23-29(2,26)27/h3-11,23H,1-2H3,(H,21,22,25). The number of carbonyl (C=O) groups is 1. The quantitative estimate of drug-likeness (QED) is 0.508. The van der Waals surface area contributed by atoms with Gasteiger partial charge in [0.05, 0.1) is 11.9 Å². The van der Waals surface area contributed by atoms with Gasteiger partial charge in [0.25, 0.3) is 5.91 Å². The van der Waals surface area contributed by atoms with Crippen molar-refractivity contribution >= 4 is 43.7 Å². The van der Waals surface area contributed by atoms with Crippen LogP contribution in [0, 0.1) is 6.92 Å². The highest BCUT2D eigenvalue weighted by atomic mass is 32.2. The van der Waals surface area contributed by atoms with Gasteiger partial charge < -0.3 is 4.40 Å². The van der Waals surface area contributed by atoms with Crippen LogP contribution in [0.4, 0.5) is 10.8 Å². The molecule has 0 saturated carbocycles. The van der Waals surface area contributed by atoms with Gasteiger partial charge in [-0.2, -0.15) is 0 Å². The van der Waals surface area contributed by atoms with E-state index in [1.165, 1.54) is 11.3 Å². The first-order chi connectivity index (χ1) is 13.8. The van der Waals surface area contributed by atoms with Gasteiger partial charge in [0.1, 0.15) is 11.3 Å². The van der Waals surface area contributed by atoms with Crippen LogP contribution in [0.25, 0.3) is 16.9 Å². The van der Waals surface area contributed by atoms with Crippen LogP contribution >= 0.6 is 11.3 Å². The lowest BCUT2D eigenvalue weighted by molar-refractivity contribution is 0.102. The highest BCUT2D eigenvalue weighted by Crippen LogP contribution is 2.26. The highest BCUT2D eigenvalue weighted by Gasteiger charge is 2.14. The number of amides is 1. The number of anilines is 2. The van der Waals surface area contributed by atoms with Gasteiger partial charge in [0, 0.05) is 29.0 Å². The Morgan fingerprint density at radius 2 is 1.90 bits per heavy atom. The lowest BCUT2D eigenvalue weighted by atomic mass is 10.1. The molecule has 148 valence electrons. The zero-order valence-corrected chi connectivity index (χ0v) is 17.2. The van der Waals surface area contributed by atoms with Crippen molar-refractivity contribution in [1.29, 1.82) is 0 Å². The normalized spacial score (nSPS) is 11.5. The molecule has 0 saturated heterocycles. The minimum atomic E-state index is -3.32. The molecule has 3 aromatic heterocycles. The number of hydrogen-bond acceptors (Lipinski definition) is 6. The number of rotatable bonds is 5. The third kappa shape index (κ3) is 4.44. The molecule has 0 spiro atoms. The molecule has 29 heavy (non-hydrogen) atoms. The van der Waals surface area contributed by atoms with Gasteiger partial charge >= 0.3 is 0 Å². The van der Waals surface area contributed by atoms with E-state index in [0.717, 1.165) is 17.4 Å². The summed E-state index contributed by atoms with van der Waals surface area (Å²) in [5.74, 6) is -0.333. The zero-order valence-electron chi connectivity index (χ0n) is 15.6. The minimum absolute atomic E-state index is 0.309. The van der Waals surface area contributed by atoms with E-state index in [9.17, 15) is 13.2 Å². The van der Waals surface area contributed by atoms with Crippen molar-refractivity contribution in [2.24, 2.45) is 0 Å². The molecule has 2 N–H and O–H groups in total. The van der Waals surface area contributed by atoms with E-state index >= 15 is 0 Å². The van der Waals surface area contributed by atoms with Crippen LogP contribution in [0.15, 0.2) is 54.2 Å². The fraction of sp³-hybridized carbons (Fsp3) is 0.105. The first-order valence-electron chi connectivity index (χ1n) is 8.57. The van der Waals surface area contributed by atoms with Gasteiger partial charge in [0.15, 0.2) is 5.13 Å². The number of aryl methyl sites for hydroxylation is 1. The molecule has 4 aromatic rings. The summed E-state index contributed by atoms with van der Waals surface area (Å²) in [6.45, 7) is 1.97. The summed E-state index contributed by atoms with van der Waals surface area (Å²) in [7, 11) is -3.32. The van der Waals surface area contributed by atoms with Gasteiger partial charge in [0.2, 0.25) is 10.0 Å². The van der Waals surface area contributed by atoms with E-state index < -0.39 is 10.0 Å². The number of fused-ring (bicyclic) bond motifs is 1. The number of nitrogens with zero attached hydrogens (tertiary/aromatic N) is 3. The highest BCUT2D eigenvalue weighted by molar-refractivity contribution is 7.92. The van der Waals surface area contributed by atoms with Gasteiger partial charge in [-0.05, 0) is 36.8 Å². The molecule has 0 bridgehead atoms. The Labute approximate surface area is 171 Å². The maximum Gasteiger partial charge on any atom is 0.277 e. The van der Waals surface area contributed by atoms with Crippen molar-refractivity contribution < 1.29 is 13.2 Å². The molecule has 10 heteroatoms. The second-order valence-electron chi connectivity index (χ2n) is 6.54. The number of sulfonamides is 1. The van der Waals surface area contributed by atoms with Crippen molar-refractivity contribution in [3.8, 4) is 11.3 Å². The number of thiazole rings is 1. The van der Waals surface area contributed by atoms with E-state index in [1.54, 1.807) is 34.9 Å². The predicted octanol–water partition coefficient (Wildman–Crippen LogP) is 3.39. The lowest BCUT2D eigenvalue weighted by Crippen LogP contribution is -2.12. The van der Waals surface area contributed by atoms with E-state index in [1.807, 2.05) is 30.6 Å². The maximum atomic E-state index is 12.5. The van der Waals surface area contributed by atoms with Crippen molar-refractivity contribution in [3.05, 3.63) is 65.4 Å². The van der Waals surface area contributed by atoms with Crippen LogP contribution in [-0.4, -0.2) is 34.9 Å². The fourth-order valence-corrected chi connectivity index (χ4v) is 4.02. The monoisotopic (exact) mass is 427 g/mol. The van der Waals surface area contributed by atoms with Crippen LogP contribution < -0.4 is 10.0 Å². The largest absolute Gasteiger partial charge is 0.306 e. The number of aromatic nitrogens is 3. The topological polar surface area (TPSA) is 105 Å². The Hall–Kier alpha value is -3.24. The molecule has 0 fully saturated rings. The molecule has 0 aliphatic heterocycles. The SMILES string of the molecule is Cc1ccn2cc(C(=O)Nc3nc(-c4ccc(NS(C)(=O)=O)cc4)cs3)nc2c1. The van der Waals surface area contributed by atoms with Gasteiger partial charge in [-0.15, -0.1) is 11.3 Å². The molecular weight excluding hydrogens is 410 g/mol. The average molecular weight is 428 g/mol. The zero-order chi connectivity index (χ0) is 20.6. The number of imidazole rings is 1. The summed E-state index contributed by atoms with van der Waals surface area (Å²) in [5, 5.41) is 5.04. The average Bonchev–Trinajstić information content (AvgIpc) is 3.27. The Kier molecular flexibility index (Phi) is 4.81. The second kappa shape index (κ2) is 7.30. The molecule has 0 aliphatic carbocycles. The molecular formula is C19H17N5O3S2. The van der Waals surface area contributed by atoms with E-state index in [-0.39, 0.29) is 5.91 Å². The van der Waals surface area contributed by atoms with E-state index in [2.05, 4.69) is 20.0 Å². The smallest absolute Gasteiger partial charge is 0.277 e. The molecule has 1 amide bonds. The molecule has 0 radical (unpaired) electrons. The van der Waals surface area contributed by atoms with Crippen LogP contribution in [-0.2, 0) is 10.0 Å². The third-order valence-electron chi connectivity index (χ3n) is 4.06. The van der Waals surface area contributed by atoms with Crippen LogP contribution in [0.5, 0.6) is 0 Å². The van der Waals surface area contributed by atoms with Crippen LogP contribution in [0.2, 0.25) is 0 Å². The predicted molar refractivity (Wildman–Crippen MR) is 114 cm³/mol. The second-order valence-corrected chi connectivity index (χ2v) is 9.15. The Balaban J connectivity index is 1.49. The lowest BCUT2D eigenvalue weighted by Gasteiger charge is -2.04. The Morgan fingerprint density at radius 1 is 1.14 bits per heavy atom. The number of nitrogens with one attached hydrogen (secondary N) is 2. The van der Waals surface area contributed by atoms with Gasteiger partial charge in [-0.1, -0.05) is 12.1 Å². The van der Waals surface area contributed by atoms with Crippen molar-refractivity contribution in [2.75, 3.05) is 16.3 Å². The van der Waals surface area contributed by atoms with Crippen LogP contribution in [0.3, 0.4) is 0 Å². The first kappa shape index (κ1) is 19.1. The molecule has 1 aromatic carbocycles. The number of carbonyl (C=O) groups excluding carboxylic acids is 1. The van der Waals surface area contributed by atoms with E-state index in [4.69, 9.17) is 0 Å². The minimum Gasteiger partial charge on any atom is -0.306 e. The molecule has 8 nitrogen and oxygen atoms in total. The van der Waals surface area contributed by atoms with Crippen molar-refractivity contribution in [3.63, 3.8) is 0 Å². The molecule has 0 aliphatic rings. The van der Waals surface area contributed by atoms with E-state index in [0.29, 0.717) is 27.9 Å². The first-order valence-corrected chi connectivity index (χ1v) is 11.3. The number of pyridine rings is 1. The van der Waals surface area contributed by atoms with Gasteiger partial charge in [-0.3, -0.25) is 14.8 Å². The summed E-state index contributed by atoms with van der Waals surface area (Å²) in [5.41, 5.74) is 4.05. The van der Waals surface area contributed by atoms with Crippen molar-refractivity contribution in [2.45, 2.75) is 6.92 Å².